The van der Waals surface area contributed by atoms with E-state index in [2.05, 4.69) is 182 Å². The van der Waals surface area contributed by atoms with Crippen molar-refractivity contribution in [1.29, 1.82) is 0 Å². The molecule has 56 heavy (non-hydrogen) atoms. The summed E-state index contributed by atoms with van der Waals surface area (Å²) in [5.74, 6) is 0.718. The average Bonchev–Trinajstić information content (AvgIpc) is 3.57. The zero-order valence-electron chi connectivity index (χ0n) is 30.4. The van der Waals surface area contributed by atoms with E-state index in [4.69, 9.17) is 9.97 Å². The van der Waals surface area contributed by atoms with Gasteiger partial charge in [0.25, 0.3) is 0 Å². The molecule has 0 radical (unpaired) electrons. The second-order valence-corrected chi connectivity index (χ2v) is 15.6. The molecule has 9 aromatic rings. The Hall–Kier alpha value is -6.81. The summed E-state index contributed by atoms with van der Waals surface area (Å²) < 4.78 is 0. The number of fused-ring (bicyclic) bond motifs is 9. The van der Waals surface area contributed by atoms with E-state index in [9.17, 15) is 0 Å². The number of hydrogen-bond acceptors (Lipinski definition) is 3. The molecule has 1 spiro atoms. The van der Waals surface area contributed by atoms with E-state index in [-0.39, 0.29) is 5.41 Å². The van der Waals surface area contributed by atoms with Gasteiger partial charge in [-0.1, -0.05) is 194 Å². The number of rotatable bonds is 5. The monoisotopic (exact) mass is 730 g/mol. The Morgan fingerprint density at radius 3 is 1.46 bits per heavy atom. The van der Waals surface area contributed by atoms with Crippen LogP contribution in [-0.4, -0.2) is 9.97 Å². The van der Waals surface area contributed by atoms with Gasteiger partial charge < -0.3 is 0 Å². The molecular formula is C53H34N2S. The Morgan fingerprint density at radius 1 is 0.304 bits per heavy atom. The highest BCUT2D eigenvalue weighted by Gasteiger charge is 2.50. The second-order valence-electron chi connectivity index (χ2n) is 14.5. The fourth-order valence-electron chi connectivity index (χ4n) is 8.82. The zero-order valence-corrected chi connectivity index (χ0v) is 31.2. The number of nitrogens with zero attached hydrogens (tertiary/aromatic N) is 2. The molecule has 2 nitrogen and oxygen atoms in total. The molecule has 0 fully saturated rings. The Morgan fingerprint density at radius 2 is 0.786 bits per heavy atom. The van der Waals surface area contributed by atoms with Crippen LogP contribution < -0.4 is 0 Å². The first-order chi connectivity index (χ1) is 27.7. The minimum Gasteiger partial charge on any atom is -0.228 e. The van der Waals surface area contributed by atoms with Crippen LogP contribution in [0.4, 0.5) is 0 Å². The van der Waals surface area contributed by atoms with Crippen LogP contribution in [0.25, 0.3) is 67.3 Å². The van der Waals surface area contributed by atoms with Crippen LogP contribution in [-0.2, 0) is 5.41 Å². The van der Waals surface area contributed by atoms with E-state index in [0.717, 1.165) is 45.0 Å². The van der Waals surface area contributed by atoms with Gasteiger partial charge >= 0.3 is 0 Å². The fraction of sp³-hybridized carbons (Fsp3) is 0.0189. The van der Waals surface area contributed by atoms with Gasteiger partial charge in [0.2, 0.25) is 0 Å². The van der Waals surface area contributed by atoms with Gasteiger partial charge in [-0.2, -0.15) is 0 Å². The highest BCUT2D eigenvalue weighted by molar-refractivity contribution is 7.99. The van der Waals surface area contributed by atoms with Crippen LogP contribution in [0.1, 0.15) is 22.3 Å². The molecule has 1 aliphatic heterocycles. The van der Waals surface area contributed by atoms with Crippen LogP contribution in [0, 0.1) is 0 Å². The zero-order chi connectivity index (χ0) is 37.1. The van der Waals surface area contributed by atoms with Crippen molar-refractivity contribution in [3.8, 4) is 67.3 Å². The molecule has 2 aliphatic rings. The van der Waals surface area contributed by atoms with Gasteiger partial charge in [-0.05, 0) is 79.9 Å². The number of aromatic nitrogens is 2. The molecule has 11 rings (SSSR count). The lowest BCUT2D eigenvalue weighted by Crippen LogP contribution is -2.31. The van der Waals surface area contributed by atoms with Crippen molar-refractivity contribution in [3.05, 3.63) is 229 Å². The quantitative estimate of drug-likeness (QED) is 0.176. The molecular weight excluding hydrogens is 697 g/mol. The van der Waals surface area contributed by atoms with E-state index in [1.807, 2.05) is 36.0 Å². The summed E-state index contributed by atoms with van der Waals surface area (Å²) in [7, 11) is 0. The van der Waals surface area contributed by atoms with Crippen molar-refractivity contribution in [2.45, 2.75) is 15.2 Å². The maximum Gasteiger partial charge on any atom is 0.160 e. The van der Waals surface area contributed by atoms with Crippen LogP contribution in [0.5, 0.6) is 0 Å². The van der Waals surface area contributed by atoms with E-state index >= 15 is 0 Å². The first-order valence-electron chi connectivity index (χ1n) is 19.1. The van der Waals surface area contributed by atoms with Gasteiger partial charge in [0.05, 0.1) is 16.8 Å². The van der Waals surface area contributed by atoms with Crippen molar-refractivity contribution in [2.24, 2.45) is 0 Å². The summed E-state index contributed by atoms with van der Waals surface area (Å²) >= 11 is 1.89. The fourth-order valence-corrected chi connectivity index (χ4v) is 10.1. The van der Waals surface area contributed by atoms with Crippen LogP contribution >= 0.6 is 11.8 Å². The maximum atomic E-state index is 5.08. The van der Waals surface area contributed by atoms with E-state index < -0.39 is 0 Å². The first kappa shape index (κ1) is 32.6. The van der Waals surface area contributed by atoms with Crippen molar-refractivity contribution in [3.63, 3.8) is 0 Å². The molecule has 0 amide bonds. The average molecular weight is 731 g/mol. The largest absolute Gasteiger partial charge is 0.228 e. The van der Waals surface area contributed by atoms with E-state index in [1.54, 1.807) is 0 Å². The van der Waals surface area contributed by atoms with Crippen molar-refractivity contribution in [1.82, 2.24) is 9.97 Å². The summed E-state index contributed by atoms with van der Waals surface area (Å²) in [6.45, 7) is 0. The standard InChI is InChI=1S/C53H34N2S/c1-3-14-37(15-4-1)48-34-49(55-52(54-48)38-16-5-2-6-17-38)41-19-13-18-39(32-41)35-26-28-36(29-27-35)40-30-31-47-51(33-40)56-50-25-12-11-24-46(50)53(47)44-22-9-7-20-42(44)43-21-8-10-23-45(43)53/h1-34H. The van der Waals surface area contributed by atoms with Crippen LogP contribution in [0.15, 0.2) is 216 Å². The normalized spacial score (nSPS) is 13.1. The summed E-state index contributed by atoms with van der Waals surface area (Å²) in [6.07, 6.45) is 0. The van der Waals surface area contributed by atoms with Crippen molar-refractivity contribution < 1.29 is 0 Å². The van der Waals surface area contributed by atoms with Gasteiger partial charge in [0.15, 0.2) is 5.82 Å². The molecule has 1 aromatic heterocycles. The lowest BCUT2D eigenvalue weighted by atomic mass is 9.67. The van der Waals surface area contributed by atoms with Crippen LogP contribution in [0.3, 0.4) is 0 Å². The third-order valence-electron chi connectivity index (χ3n) is 11.4. The molecule has 0 saturated carbocycles. The Bertz CT molecular complexity index is 2830. The first-order valence-corrected chi connectivity index (χ1v) is 19.9. The SMILES string of the molecule is c1ccc(-c2cc(-c3cccc(-c4ccc(-c5ccc6c(c5)Sc5ccccc5C65c6ccccc6-c6ccccc65)cc4)c3)nc(-c3ccccc3)n2)cc1. The third-order valence-corrected chi connectivity index (χ3v) is 12.5. The molecule has 0 bridgehead atoms. The van der Waals surface area contributed by atoms with Gasteiger partial charge in [-0.3, -0.25) is 0 Å². The highest BCUT2D eigenvalue weighted by Crippen LogP contribution is 2.62. The third kappa shape index (κ3) is 5.20. The smallest absolute Gasteiger partial charge is 0.160 e. The molecule has 3 heteroatoms. The summed E-state index contributed by atoms with van der Waals surface area (Å²) in [5, 5.41) is 0. The Balaban J connectivity index is 0.962. The minimum atomic E-state index is -0.356. The molecule has 1 aliphatic carbocycles. The predicted molar refractivity (Wildman–Crippen MR) is 231 cm³/mol. The topological polar surface area (TPSA) is 25.8 Å². The van der Waals surface area contributed by atoms with Crippen molar-refractivity contribution >= 4 is 11.8 Å². The van der Waals surface area contributed by atoms with Gasteiger partial charge in [0, 0.05) is 26.5 Å². The predicted octanol–water partition coefficient (Wildman–Crippen LogP) is 13.6. The molecule has 262 valence electrons. The van der Waals surface area contributed by atoms with Crippen molar-refractivity contribution in [2.75, 3.05) is 0 Å². The van der Waals surface area contributed by atoms with Crippen LogP contribution in [0.2, 0.25) is 0 Å². The van der Waals surface area contributed by atoms with E-state index in [1.165, 1.54) is 54.3 Å². The lowest BCUT2D eigenvalue weighted by Gasteiger charge is -2.39. The minimum absolute atomic E-state index is 0.356. The number of hydrogen-bond donors (Lipinski definition) is 0. The van der Waals surface area contributed by atoms with E-state index in [0.29, 0.717) is 0 Å². The Labute approximate surface area is 331 Å². The number of benzene rings is 8. The lowest BCUT2D eigenvalue weighted by molar-refractivity contribution is 0.722. The maximum absolute atomic E-state index is 5.08. The van der Waals surface area contributed by atoms with Gasteiger partial charge in [-0.15, -0.1) is 0 Å². The summed E-state index contributed by atoms with van der Waals surface area (Å²) in [4.78, 5) is 12.7. The highest BCUT2D eigenvalue weighted by atomic mass is 32.2. The molecule has 2 heterocycles. The molecule has 0 N–H and O–H groups in total. The molecule has 0 unspecified atom stereocenters. The summed E-state index contributed by atoms with van der Waals surface area (Å²) in [6, 6.07) is 74.4. The molecule has 8 aromatic carbocycles. The second kappa shape index (κ2) is 13.2. The van der Waals surface area contributed by atoms with Gasteiger partial charge in [-0.25, -0.2) is 9.97 Å². The summed E-state index contributed by atoms with van der Waals surface area (Å²) in [5.41, 5.74) is 17.4. The molecule has 0 atom stereocenters. The van der Waals surface area contributed by atoms with Gasteiger partial charge in [0.1, 0.15) is 0 Å². The Kier molecular flexibility index (Phi) is 7.68. The molecule has 0 saturated heterocycles.